The average Bonchev–Trinajstić information content (AvgIpc) is 2.39. The van der Waals surface area contributed by atoms with Gasteiger partial charge in [0.25, 0.3) is 5.69 Å². The number of nitro groups is 1. The summed E-state index contributed by atoms with van der Waals surface area (Å²) in [6.45, 7) is 1.90. The van der Waals surface area contributed by atoms with Crippen molar-refractivity contribution in [3.63, 3.8) is 0 Å². The number of unbranched alkanes of at least 4 members (excludes halogenated alkanes) is 1. The van der Waals surface area contributed by atoms with Crippen LogP contribution in [-0.4, -0.2) is 22.5 Å². The monoisotopic (exact) mass is 266 g/mol. The molecule has 0 fully saturated rings. The van der Waals surface area contributed by atoms with Crippen molar-refractivity contribution in [3.8, 4) is 0 Å². The van der Waals surface area contributed by atoms with Gasteiger partial charge in [0.2, 0.25) is 5.91 Å². The Morgan fingerprint density at radius 1 is 1.42 bits per heavy atom. The van der Waals surface area contributed by atoms with E-state index in [9.17, 15) is 14.9 Å². The smallest absolute Gasteiger partial charge is 0.274 e. The number of nitro benzene ring substituents is 1. The lowest BCUT2D eigenvalue weighted by Gasteiger charge is -2.06. The fraction of sp³-hybridized carbons (Fsp3) is 0.462. The van der Waals surface area contributed by atoms with E-state index in [4.69, 9.17) is 5.11 Å². The largest absolute Gasteiger partial charge is 0.396 e. The van der Waals surface area contributed by atoms with E-state index < -0.39 is 4.92 Å². The summed E-state index contributed by atoms with van der Waals surface area (Å²) >= 11 is 0. The highest BCUT2D eigenvalue weighted by Gasteiger charge is 2.13. The minimum absolute atomic E-state index is 0.0238. The van der Waals surface area contributed by atoms with Gasteiger partial charge in [0.15, 0.2) is 0 Å². The number of amides is 1. The molecule has 1 amide bonds. The quantitative estimate of drug-likeness (QED) is 0.450. The molecule has 1 aromatic carbocycles. The second-order valence-electron chi connectivity index (χ2n) is 4.18. The minimum atomic E-state index is -0.444. The number of hydrogen-bond acceptors (Lipinski definition) is 4. The van der Waals surface area contributed by atoms with Gasteiger partial charge in [-0.3, -0.25) is 14.9 Å². The van der Waals surface area contributed by atoms with Crippen molar-refractivity contribution in [1.29, 1.82) is 0 Å². The zero-order valence-electron chi connectivity index (χ0n) is 10.9. The molecule has 0 atom stereocenters. The third-order valence-electron chi connectivity index (χ3n) is 2.76. The van der Waals surface area contributed by atoms with E-state index in [1.165, 1.54) is 6.07 Å². The molecule has 0 saturated carbocycles. The molecule has 1 rings (SSSR count). The van der Waals surface area contributed by atoms with Gasteiger partial charge in [0, 0.05) is 30.3 Å². The molecule has 0 radical (unpaired) electrons. The Hall–Kier alpha value is -1.95. The molecule has 0 aliphatic rings. The maximum atomic E-state index is 11.6. The zero-order chi connectivity index (χ0) is 14.3. The summed E-state index contributed by atoms with van der Waals surface area (Å²) < 4.78 is 0. The standard InChI is InChI=1S/C13H18N2O4/c1-2-10-6-7-11(9-12(10)15(18)19)14-13(17)5-3-4-8-16/h6-7,9,16H,2-5,8H2,1H3,(H,14,17). The summed E-state index contributed by atoms with van der Waals surface area (Å²) in [5.74, 6) is -0.202. The summed E-state index contributed by atoms with van der Waals surface area (Å²) in [5.41, 5.74) is 1.09. The molecule has 0 unspecified atom stereocenters. The van der Waals surface area contributed by atoms with Gasteiger partial charge in [-0.25, -0.2) is 0 Å². The zero-order valence-corrected chi connectivity index (χ0v) is 10.9. The molecule has 0 saturated heterocycles. The highest BCUT2D eigenvalue weighted by Crippen LogP contribution is 2.23. The summed E-state index contributed by atoms with van der Waals surface area (Å²) in [6, 6.07) is 4.69. The van der Waals surface area contributed by atoms with E-state index in [1.54, 1.807) is 12.1 Å². The van der Waals surface area contributed by atoms with Crippen LogP contribution in [0.5, 0.6) is 0 Å². The Labute approximate surface area is 111 Å². The Bertz CT molecular complexity index is 460. The average molecular weight is 266 g/mol. The van der Waals surface area contributed by atoms with E-state index in [0.29, 0.717) is 36.9 Å². The van der Waals surface area contributed by atoms with Gasteiger partial charge in [-0.2, -0.15) is 0 Å². The van der Waals surface area contributed by atoms with Crippen LogP contribution in [0.15, 0.2) is 18.2 Å². The van der Waals surface area contributed by atoms with Crippen LogP contribution in [0.3, 0.4) is 0 Å². The number of rotatable bonds is 7. The minimum Gasteiger partial charge on any atom is -0.396 e. The lowest BCUT2D eigenvalue weighted by atomic mass is 10.1. The lowest BCUT2D eigenvalue weighted by Crippen LogP contribution is -2.11. The van der Waals surface area contributed by atoms with Gasteiger partial charge in [-0.05, 0) is 25.3 Å². The molecular weight excluding hydrogens is 248 g/mol. The van der Waals surface area contributed by atoms with Crippen molar-refractivity contribution in [3.05, 3.63) is 33.9 Å². The lowest BCUT2D eigenvalue weighted by molar-refractivity contribution is -0.385. The maximum Gasteiger partial charge on any atom is 0.274 e. The number of aliphatic hydroxyl groups excluding tert-OH is 1. The highest BCUT2D eigenvalue weighted by molar-refractivity contribution is 5.91. The molecule has 19 heavy (non-hydrogen) atoms. The third-order valence-corrected chi connectivity index (χ3v) is 2.76. The highest BCUT2D eigenvalue weighted by atomic mass is 16.6. The number of hydrogen-bond donors (Lipinski definition) is 2. The molecule has 0 aromatic heterocycles. The van der Waals surface area contributed by atoms with E-state index in [-0.39, 0.29) is 18.2 Å². The van der Waals surface area contributed by atoms with Crippen LogP contribution in [0.4, 0.5) is 11.4 Å². The van der Waals surface area contributed by atoms with Crippen molar-refractivity contribution in [2.75, 3.05) is 11.9 Å². The molecule has 0 spiro atoms. The molecule has 1 aromatic rings. The normalized spacial score (nSPS) is 10.2. The first kappa shape index (κ1) is 15.1. The number of carbonyl (C=O) groups is 1. The van der Waals surface area contributed by atoms with Gasteiger partial charge in [0.1, 0.15) is 0 Å². The summed E-state index contributed by atoms with van der Waals surface area (Å²) in [7, 11) is 0. The van der Waals surface area contributed by atoms with Crippen LogP contribution in [0, 0.1) is 10.1 Å². The van der Waals surface area contributed by atoms with Crippen molar-refractivity contribution in [2.24, 2.45) is 0 Å². The Balaban J connectivity index is 2.71. The number of nitrogens with zero attached hydrogens (tertiary/aromatic N) is 1. The second-order valence-corrected chi connectivity index (χ2v) is 4.18. The van der Waals surface area contributed by atoms with Gasteiger partial charge in [-0.15, -0.1) is 0 Å². The molecule has 6 nitrogen and oxygen atoms in total. The fourth-order valence-corrected chi connectivity index (χ4v) is 1.73. The molecule has 0 aliphatic heterocycles. The molecule has 104 valence electrons. The molecular formula is C13H18N2O4. The Morgan fingerprint density at radius 3 is 2.74 bits per heavy atom. The van der Waals surface area contributed by atoms with E-state index in [0.717, 1.165) is 0 Å². The van der Waals surface area contributed by atoms with Gasteiger partial charge in [-0.1, -0.05) is 13.0 Å². The SMILES string of the molecule is CCc1ccc(NC(=O)CCCCO)cc1[N+](=O)[O-]. The van der Waals surface area contributed by atoms with E-state index in [2.05, 4.69) is 5.32 Å². The van der Waals surface area contributed by atoms with Crippen LogP contribution >= 0.6 is 0 Å². The predicted octanol–water partition coefficient (Wildman–Crippen LogP) is 2.26. The number of aliphatic hydroxyl groups is 1. The number of carbonyl (C=O) groups excluding carboxylic acids is 1. The number of anilines is 1. The second kappa shape index (κ2) is 7.48. The summed E-state index contributed by atoms with van der Waals surface area (Å²) in [4.78, 5) is 22.0. The topological polar surface area (TPSA) is 92.5 Å². The van der Waals surface area contributed by atoms with Crippen LogP contribution in [0.25, 0.3) is 0 Å². The third kappa shape index (κ3) is 4.67. The van der Waals surface area contributed by atoms with Crippen LogP contribution in [-0.2, 0) is 11.2 Å². The van der Waals surface area contributed by atoms with Crippen LogP contribution in [0.1, 0.15) is 31.7 Å². The van der Waals surface area contributed by atoms with E-state index >= 15 is 0 Å². The van der Waals surface area contributed by atoms with Crippen molar-refractivity contribution < 1.29 is 14.8 Å². The van der Waals surface area contributed by atoms with Gasteiger partial charge >= 0.3 is 0 Å². The van der Waals surface area contributed by atoms with Crippen molar-refractivity contribution in [1.82, 2.24) is 0 Å². The number of aryl methyl sites for hydroxylation is 1. The van der Waals surface area contributed by atoms with Gasteiger partial charge < -0.3 is 10.4 Å². The molecule has 0 aliphatic carbocycles. The first-order chi connectivity index (χ1) is 9.08. The molecule has 0 bridgehead atoms. The van der Waals surface area contributed by atoms with Crippen LogP contribution in [0.2, 0.25) is 0 Å². The number of nitrogens with one attached hydrogen (secondary N) is 1. The molecule has 0 heterocycles. The van der Waals surface area contributed by atoms with Gasteiger partial charge in [0.05, 0.1) is 4.92 Å². The first-order valence-electron chi connectivity index (χ1n) is 6.26. The van der Waals surface area contributed by atoms with Crippen LogP contribution < -0.4 is 5.32 Å². The molecule has 6 heteroatoms. The Kier molecular flexibility index (Phi) is 5.95. The predicted molar refractivity (Wildman–Crippen MR) is 72.0 cm³/mol. The Morgan fingerprint density at radius 2 is 2.16 bits per heavy atom. The summed E-state index contributed by atoms with van der Waals surface area (Å²) in [5, 5.41) is 22.1. The summed E-state index contributed by atoms with van der Waals surface area (Å²) in [6.07, 6.45) is 2.03. The molecule has 2 N–H and O–H groups in total. The first-order valence-corrected chi connectivity index (χ1v) is 6.26. The van der Waals surface area contributed by atoms with E-state index in [1.807, 2.05) is 6.92 Å². The van der Waals surface area contributed by atoms with Crippen molar-refractivity contribution in [2.45, 2.75) is 32.6 Å². The fourth-order valence-electron chi connectivity index (χ4n) is 1.73. The number of benzene rings is 1. The van der Waals surface area contributed by atoms with Crippen molar-refractivity contribution >= 4 is 17.3 Å². The maximum absolute atomic E-state index is 11.6.